The molecule has 1 spiro atoms. The van der Waals surface area contributed by atoms with E-state index in [-0.39, 0.29) is 89.9 Å². The van der Waals surface area contributed by atoms with Crippen molar-refractivity contribution in [1.29, 1.82) is 0 Å². The summed E-state index contributed by atoms with van der Waals surface area (Å²) in [6, 6.07) is 18.3. The van der Waals surface area contributed by atoms with Gasteiger partial charge in [0.1, 0.15) is 53.4 Å². The molecular weight excluding hydrogens is 1220 g/mol. The number of hydrogen-bond acceptors (Lipinski definition) is 22. The Morgan fingerprint density at radius 3 is 2.19 bits per heavy atom. The molecule has 0 bridgehead atoms. The number of rotatable bonds is 22. The fourth-order valence-electron chi connectivity index (χ4n) is 10.3. The summed E-state index contributed by atoms with van der Waals surface area (Å²) in [7, 11) is 5.98. The number of aromatic nitrogens is 5. The van der Waals surface area contributed by atoms with Crippen molar-refractivity contribution in [2.24, 2.45) is 11.8 Å². The van der Waals surface area contributed by atoms with E-state index in [2.05, 4.69) is 49.7 Å². The number of amides is 4. The number of nitrogens with one attached hydrogen (secondary N) is 3. The number of carbonyl (C=O) groups excluding carboxylic acids is 5. The van der Waals surface area contributed by atoms with Gasteiger partial charge in [0, 0.05) is 61.5 Å². The van der Waals surface area contributed by atoms with Crippen LogP contribution in [-0.4, -0.2) is 151 Å². The first kappa shape index (κ1) is 69.4. The number of urea groups is 1. The second kappa shape index (κ2) is 32.1. The zero-order valence-electron chi connectivity index (χ0n) is 51.4. The van der Waals surface area contributed by atoms with Crippen LogP contribution in [-0.2, 0) is 49.8 Å². The summed E-state index contributed by atoms with van der Waals surface area (Å²) in [6.45, 7) is 9.75. The van der Waals surface area contributed by atoms with Gasteiger partial charge < -0.3 is 70.3 Å². The summed E-state index contributed by atoms with van der Waals surface area (Å²) in [5.41, 5.74) is 7.81. The molecule has 8 N–H and O–H groups in total. The average Bonchev–Trinajstić information content (AvgIpc) is 1.55. The molecule has 6 aromatic rings. The Balaban J connectivity index is 0.000000234. The van der Waals surface area contributed by atoms with Crippen molar-refractivity contribution in [2.45, 2.75) is 134 Å². The predicted molar refractivity (Wildman–Crippen MR) is 335 cm³/mol. The van der Waals surface area contributed by atoms with Gasteiger partial charge in [-0.05, 0) is 36.3 Å². The smallest absolute Gasteiger partial charge is 0.407 e. The van der Waals surface area contributed by atoms with Gasteiger partial charge in [-0.15, -0.1) is 22.7 Å². The van der Waals surface area contributed by atoms with E-state index >= 15 is 0 Å². The molecule has 9 rings (SSSR count). The Labute approximate surface area is 533 Å². The maximum atomic E-state index is 13.9. The van der Waals surface area contributed by atoms with E-state index in [4.69, 9.17) is 50.9 Å². The van der Waals surface area contributed by atoms with Gasteiger partial charge in [-0.25, -0.2) is 24.4 Å². The van der Waals surface area contributed by atoms with Crippen molar-refractivity contribution < 1.29 is 67.7 Å². The van der Waals surface area contributed by atoms with Crippen LogP contribution in [0.5, 0.6) is 17.2 Å². The van der Waals surface area contributed by atoms with Crippen LogP contribution in [0.3, 0.4) is 0 Å². The van der Waals surface area contributed by atoms with Gasteiger partial charge >= 0.3 is 17.8 Å². The summed E-state index contributed by atoms with van der Waals surface area (Å²) in [5.74, 6) is -0.282. The minimum Gasteiger partial charge on any atom is -0.496 e. The van der Waals surface area contributed by atoms with Crippen LogP contribution in [0, 0.1) is 11.8 Å². The highest BCUT2D eigenvalue weighted by atomic mass is 35.5. The minimum absolute atomic E-state index is 0.0671. The third-order valence-corrected chi connectivity index (χ3v) is 17.4. The lowest BCUT2D eigenvalue weighted by molar-refractivity contribution is -0.125. The van der Waals surface area contributed by atoms with Gasteiger partial charge in [0.05, 0.1) is 73.8 Å². The molecule has 3 aromatic heterocycles. The number of halogens is 1. The number of nitrogen functional groups attached to an aromatic ring is 1. The van der Waals surface area contributed by atoms with Crippen molar-refractivity contribution in [2.75, 3.05) is 40.7 Å². The van der Waals surface area contributed by atoms with Crippen molar-refractivity contribution in [3.8, 4) is 17.2 Å². The molecule has 28 heteroatoms. The molecule has 2 aliphatic heterocycles. The predicted octanol–water partition coefficient (Wildman–Crippen LogP) is 6.58. The number of Topliss-reactive ketones (excluding diaryl/α,β-unsaturated/α-hetero) is 1. The molecule has 90 heavy (non-hydrogen) atoms. The molecule has 484 valence electrons. The van der Waals surface area contributed by atoms with E-state index in [1.807, 2.05) is 79.9 Å². The number of hydrogen-bond donors (Lipinski definition) is 7. The van der Waals surface area contributed by atoms with Crippen LogP contribution >= 0.6 is 34.3 Å². The number of carbonyl (C=O) groups is 5. The summed E-state index contributed by atoms with van der Waals surface area (Å²) in [5, 5.41) is 42.1. The second-order valence-corrected chi connectivity index (χ2v) is 24.5. The van der Waals surface area contributed by atoms with Gasteiger partial charge in [-0.2, -0.15) is 4.98 Å². The Morgan fingerprint density at radius 1 is 0.933 bits per heavy atom. The topological polar surface area (TPSA) is 340 Å². The van der Waals surface area contributed by atoms with Crippen molar-refractivity contribution in [3.05, 3.63) is 150 Å². The van der Waals surface area contributed by atoms with Crippen molar-refractivity contribution in [1.82, 2.24) is 45.4 Å². The summed E-state index contributed by atoms with van der Waals surface area (Å²) in [4.78, 5) is 94.6. The first-order chi connectivity index (χ1) is 43.0. The number of fused-ring (bicyclic) bond motifs is 1. The molecule has 25 nitrogen and oxygen atoms in total. The third-order valence-electron chi connectivity index (χ3n) is 15.1. The van der Waals surface area contributed by atoms with Crippen molar-refractivity contribution >= 4 is 69.8 Å². The van der Waals surface area contributed by atoms with Crippen LogP contribution in [0.15, 0.2) is 107 Å². The summed E-state index contributed by atoms with van der Waals surface area (Å²) < 4.78 is 33.7. The standard InChI is InChI=1S/C37H48N6O5S2.C17H17ClO6.C8H12N4O4/c1-24(2)33(42-36(46)43(5)20-29-22-49-35(40-29)25(3)4)34(45)39-28(16-26-12-8-6-9-13-26)18-32(44)31(17-27-14-10-7-11-15-27)41-37(47)48-21-30-19-38-23-50-30;1-8-5-9(19)6-12(23-4)17(8)16(20)13-10(21-2)7-11(22-3)14(18)15(13)24-17;9-7-10-3-12(8(15)11-7)6-1-4(14)5(2-13)16-6/h6-15,19,22-25,28,31-33,44H,16-18,20-21H2,1-5H3,(H,39,45)(H,41,47)(H,42,46);6-8H,5H2,1-4H3;3-6,13-14H,1-2H2,(H2,9,11,15)/t28-,31-,32-,33-;8-,17+;4-,5+,6+/m010/s1. The van der Waals surface area contributed by atoms with E-state index in [0.717, 1.165) is 31.3 Å². The highest BCUT2D eigenvalue weighted by Gasteiger charge is 2.60. The number of thiazole rings is 2. The van der Waals surface area contributed by atoms with Crippen LogP contribution < -0.4 is 41.6 Å². The molecule has 0 unspecified atom stereocenters. The highest BCUT2D eigenvalue weighted by Crippen LogP contribution is 2.54. The number of ether oxygens (including phenoxy) is 6. The molecular formula is C62H77ClN10O15S2. The van der Waals surface area contributed by atoms with E-state index in [9.17, 15) is 39.0 Å². The Hall–Kier alpha value is -8.05. The molecule has 1 saturated heterocycles. The fourth-order valence-corrected chi connectivity index (χ4v) is 11.9. The van der Waals surface area contributed by atoms with Gasteiger partial charge in [0.25, 0.3) is 0 Å². The number of ketones is 2. The van der Waals surface area contributed by atoms with Crippen LogP contribution in [0.1, 0.15) is 103 Å². The molecule has 4 amide bonds. The monoisotopic (exact) mass is 1300 g/mol. The fraction of sp³-hybridized carbons (Fsp3) is 0.452. The molecule has 5 heterocycles. The molecule has 0 radical (unpaired) electrons. The maximum absolute atomic E-state index is 13.9. The molecule has 1 aliphatic carbocycles. The van der Waals surface area contributed by atoms with Crippen LogP contribution in [0.2, 0.25) is 5.02 Å². The molecule has 3 aliphatic rings. The van der Waals surface area contributed by atoms with E-state index < -0.39 is 66.0 Å². The van der Waals surface area contributed by atoms with Gasteiger partial charge in [-0.3, -0.25) is 23.9 Å². The van der Waals surface area contributed by atoms with E-state index in [1.165, 1.54) is 56.0 Å². The number of alkyl carbamates (subject to hydrolysis) is 1. The number of nitrogens with zero attached hydrogens (tertiary/aromatic N) is 6. The molecule has 9 atom stereocenters. The molecule has 3 aromatic carbocycles. The van der Waals surface area contributed by atoms with Gasteiger partial charge in [0.2, 0.25) is 23.2 Å². The van der Waals surface area contributed by atoms with Crippen LogP contribution in [0.4, 0.5) is 15.5 Å². The normalized spacial score (nSPS) is 19.6. The largest absolute Gasteiger partial charge is 0.496 e. The average molecular weight is 1300 g/mol. The van der Waals surface area contributed by atoms with Gasteiger partial charge in [-0.1, -0.05) is 107 Å². The summed E-state index contributed by atoms with van der Waals surface area (Å²) in [6.07, 6.45) is 1.57. The zero-order chi connectivity index (χ0) is 65.4. The lowest BCUT2D eigenvalue weighted by Crippen LogP contribution is -2.55. The summed E-state index contributed by atoms with van der Waals surface area (Å²) >= 11 is 9.28. The SMILES string of the molecule is CC(C)c1nc(CN(C)C(=O)N[C@H](C(=O)N[C@@H](Cc2ccccc2)C[C@H](O)[C@H](Cc2ccccc2)NC(=O)OCc2cncs2)C(C)C)cs1.COC1=CC(=O)C[C@@H](C)[C@]12Oc1c(Cl)c(OC)cc(OC)c1C2=O.Nc1ncn([C@H]2C[C@H](O)[C@@H](CO)O2)c(=O)n1. The van der Waals surface area contributed by atoms with E-state index in [0.29, 0.717) is 36.8 Å². The van der Waals surface area contributed by atoms with Crippen LogP contribution in [0.25, 0.3) is 0 Å². The maximum Gasteiger partial charge on any atom is 0.407 e. The van der Waals surface area contributed by atoms with Crippen molar-refractivity contribution in [3.63, 3.8) is 0 Å². The number of methoxy groups -OCH3 is 3. The Kier molecular flexibility index (Phi) is 24.8. The Bertz CT molecular complexity index is 3490. The number of allylic oxidation sites excluding steroid dienone is 1. The number of benzene rings is 3. The molecule has 1 fully saturated rings. The third kappa shape index (κ3) is 17.5. The zero-order valence-corrected chi connectivity index (χ0v) is 53.8. The van der Waals surface area contributed by atoms with E-state index in [1.54, 1.807) is 37.0 Å². The second-order valence-electron chi connectivity index (χ2n) is 22.3. The lowest BCUT2D eigenvalue weighted by atomic mass is 9.75. The number of aliphatic hydroxyl groups is 3. The van der Waals surface area contributed by atoms with Gasteiger partial charge in [0.15, 0.2) is 17.3 Å². The quantitative estimate of drug-likeness (QED) is 0.0377. The number of aliphatic hydroxyl groups excluding tert-OH is 3. The Morgan fingerprint density at radius 2 is 1.61 bits per heavy atom. The highest BCUT2D eigenvalue weighted by molar-refractivity contribution is 7.09. The number of nitrogens with two attached hydrogens (primary N) is 1. The molecule has 0 saturated carbocycles. The minimum atomic E-state index is -1.42. The first-order valence-corrected chi connectivity index (χ1v) is 31.1. The first-order valence-electron chi connectivity index (χ1n) is 28.9. The lowest BCUT2D eigenvalue weighted by Gasteiger charge is -2.36. The number of anilines is 1.